The van der Waals surface area contributed by atoms with Crippen molar-refractivity contribution in [1.82, 2.24) is 5.32 Å². The molecule has 0 saturated carbocycles. The monoisotopic (exact) mass is 328 g/mol. The quantitative estimate of drug-likeness (QED) is 0.717. The molecule has 0 heterocycles. The van der Waals surface area contributed by atoms with Gasteiger partial charge in [0.2, 0.25) is 0 Å². The van der Waals surface area contributed by atoms with E-state index < -0.39 is 6.04 Å². The Bertz CT molecular complexity index is 784. The molecule has 0 aliphatic carbocycles. The van der Waals surface area contributed by atoms with Crippen LogP contribution in [-0.4, -0.2) is 7.11 Å². The molecule has 3 aromatic rings. The molecule has 0 bridgehead atoms. The van der Waals surface area contributed by atoms with Crippen LogP contribution in [0.4, 0.5) is 0 Å². The third-order valence-electron chi connectivity index (χ3n) is 4.18. The van der Waals surface area contributed by atoms with E-state index in [1.165, 1.54) is 0 Å². The normalized spacial score (nSPS) is 11.7. The van der Waals surface area contributed by atoms with Gasteiger partial charge in [0.15, 0.2) is 0 Å². The minimum atomic E-state index is -0.420. The molecule has 0 fully saturated rings. The fourth-order valence-corrected chi connectivity index (χ4v) is 2.85. The lowest BCUT2D eigenvalue weighted by molar-refractivity contribution is 0.414. The van der Waals surface area contributed by atoms with Crippen LogP contribution in [0.2, 0.25) is 0 Å². The highest BCUT2D eigenvalue weighted by atomic mass is 16.5. The standard InChI is InChI=1S/C22H20N2O/c1-25-20-14-12-17(13-15-20)21(16-23)24-22(18-8-4-2-5-9-18)19-10-6-3-7-11-19/h2-15,21-22,24H,1H3/t21-/m1/s1. The lowest BCUT2D eigenvalue weighted by atomic mass is 9.96. The molecule has 3 rings (SSSR count). The SMILES string of the molecule is COc1ccc([C@@H](C#N)NC(c2ccccc2)c2ccccc2)cc1. The number of hydrogen-bond donors (Lipinski definition) is 1. The molecule has 0 radical (unpaired) electrons. The molecule has 0 aliphatic heterocycles. The van der Waals surface area contributed by atoms with E-state index in [9.17, 15) is 5.26 Å². The van der Waals surface area contributed by atoms with E-state index in [2.05, 4.69) is 35.7 Å². The van der Waals surface area contributed by atoms with E-state index in [4.69, 9.17) is 4.74 Å². The number of hydrogen-bond acceptors (Lipinski definition) is 3. The average molecular weight is 328 g/mol. The Labute approximate surface area is 148 Å². The molecule has 0 aliphatic rings. The number of rotatable bonds is 6. The number of ether oxygens (including phenoxy) is 1. The van der Waals surface area contributed by atoms with Gasteiger partial charge in [0.1, 0.15) is 11.8 Å². The topological polar surface area (TPSA) is 45.0 Å². The first kappa shape index (κ1) is 16.8. The van der Waals surface area contributed by atoms with Crippen LogP contribution in [0.1, 0.15) is 28.8 Å². The summed E-state index contributed by atoms with van der Waals surface area (Å²) >= 11 is 0. The zero-order valence-electron chi connectivity index (χ0n) is 14.1. The second-order valence-electron chi connectivity index (χ2n) is 5.76. The fraction of sp³-hybridized carbons (Fsp3) is 0.136. The molecular formula is C22H20N2O. The Hall–Kier alpha value is -3.09. The summed E-state index contributed by atoms with van der Waals surface area (Å²) in [7, 11) is 1.63. The van der Waals surface area contributed by atoms with Crippen LogP contribution >= 0.6 is 0 Å². The van der Waals surface area contributed by atoms with Crippen LogP contribution in [0.3, 0.4) is 0 Å². The van der Waals surface area contributed by atoms with Gasteiger partial charge in [-0.15, -0.1) is 0 Å². The first-order valence-corrected chi connectivity index (χ1v) is 8.21. The van der Waals surface area contributed by atoms with Gasteiger partial charge in [0, 0.05) is 0 Å². The van der Waals surface area contributed by atoms with E-state index >= 15 is 0 Å². The summed E-state index contributed by atoms with van der Waals surface area (Å²) in [4.78, 5) is 0. The van der Waals surface area contributed by atoms with E-state index in [-0.39, 0.29) is 6.04 Å². The van der Waals surface area contributed by atoms with Crippen molar-refractivity contribution in [1.29, 1.82) is 5.26 Å². The highest BCUT2D eigenvalue weighted by Crippen LogP contribution is 2.26. The Morgan fingerprint density at radius 3 is 1.72 bits per heavy atom. The number of methoxy groups -OCH3 is 1. The third-order valence-corrected chi connectivity index (χ3v) is 4.18. The fourth-order valence-electron chi connectivity index (χ4n) is 2.85. The van der Waals surface area contributed by atoms with Crippen molar-refractivity contribution in [3.63, 3.8) is 0 Å². The van der Waals surface area contributed by atoms with E-state index in [0.717, 1.165) is 22.4 Å². The Morgan fingerprint density at radius 1 is 0.760 bits per heavy atom. The summed E-state index contributed by atoms with van der Waals surface area (Å²) < 4.78 is 5.20. The Morgan fingerprint density at radius 2 is 1.28 bits per heavy atom. The lowest BCUT2D eigenvalue weighted by Gasteiger charge is -2.23. The highest BCUT2D eigenvalue weighted by Gasteiger charge is 2.19. The van der Waals surface area contributed by atoms with Crippen LogP contribution < -0.4 is 10.1 Å². The summed E-state index contributed by atoms with van der Waals surface area (Å²) in [6.07, 6.45) is 0. The van der Waals surface area contributed by atoms with Crippen LogP contribution in [0, 0.1) is 11.3 Å². The molecule has 124 valence electrons. The third kappa shape index (κ3) is 4.06. The van der Waals surface area contributed by atoms with Gasteiger partial charge < -0.3 is 4.74 Å². The van der Waals surface area contributed by atoms with E-state index in [0.29, 0.717) is 0 Å². The summed E-state index contributed by atoms with van der Waals surface area (Å²) in [5, 5.41) is 13.2. The summed E-state index contributed by atoms with van der Waals surface area (Å²) in [5.41, 5.74) is 3.17. The average Bonchev–Trinajstić information content (AvgIpc) is 2.70. The lowest BCUT2D eigenvalue weighted by Crippen LogP contribution is -2.26. The predicted molar refractivity (Wildman–Crippen MR) is 99.2 cm³/mol. The molecule has 0 unspecified atom stereocenters. The van der Waals surface area contributed by atoms with Crippen molar-refractivity contribution in [3.8, 4) is 11.8 Å². The maximum absolute atomic E-state index is 9.70. The van der Waals surface area contributed by atoms with Gasteiger partial charge in [-0.05, 0) is 28.8 Å². The zero-order valence-corrected chi connectivity index (χ0v) is 14.1. The van der Waals surface area contributed by atoms with Crippen molar-refractivity contribution in [2.24, 2.45) is 0 Å². The summed E-state index contributed by atoms with van der Waals surface area (Å²) in [6.45, 7) is 0. The number of benzene rings is 3. The molecule has 0 aromatic heterocycles. The molecule has 0 amide bonds. The first-order valence-electron chi connectivity index (χ1n) is 8.21. The molecule has 25 heavy (non-hydrogen) atoms. The highest BCUT2D eigenvalue weighted by molar-refractivity contribution is 5.35. The zero-order chi connectivity index (χ0) is 17.5. The van der Waals surface area contributed by atoms with Crippen LogP contribution in [0.5, 0.6) is 5.75 Å². The maximum atomic E-state index is 9.70. The summed E-state index contributed by atoms with van der Waals surface area (Å²) in [6, 6.07) is 29.9. The number of nitriles is 1. The molecule has 1 atom stereocenters. The molecule has 3 aromatic carbocycles. The molecule has 0 saturated heterocycles. The van der Waals surface area contributed by atoms with Crippen molar-refractivity contribution < 1.29 is 4.74 Å². The second kappa shape index (κ2) is 8.14. The maximum Gasteiger partial charge on any atom is 0.122 e. The van der Waals surface area contributed by atoms with Crippen LogP contribution in [-0.2, 0) is 0 Å². The predicted octanol–water partition coefficient (Wildman–Crippen LogP) is 4.64. The van der Waals surface area contributed by atoms with Gasteiger partial charge in [0.05, 0.1) is 19.2 Å². The molecular weight excluding hydrogens is 308 g/mol. The second-order valence-corrected chi connectivity index (χ2v) is 5.76. The summed E-state index contributed by atoms with van der Waals surface area (Å²) in [5.74, 6) is 0.781. The van der Waals surface area contributed by atoms with Crippen LogP contribution in [0.15, 0.2) is 84.9 Å². The van der Waals surface area contributed by atoms with Crippen molar-refractivity contribution in [2.75, 3.05) is 7.11 Å². The van der Waals surface area contributed by atoms with Gasteiger partial charge in [-0.2, -0.15) is 5.26 Å². The van der Waals surface area contributed by atoms with Crippen LogP contribution in [0.25, 0.3) is 0 Å². The van der Waals surface area contributed by atoms with Gasteiger partial charge >= 0.3 is 0 Å². The van der Waals surface area contributed by atoms with Crippen molar-refractivity contribution in [2.45, 2.75) is 12.1 Å². The smallest absolute Gasteiger partial charge is 0.122 e. The molecule has 3 heteroatoms. The molecule has 1 N–H and O–H groups in total. The molecule has 0 spiro atoms. The van der Waals surface area contributed by atoms with E-state index in [1.807, 2.05) is 60.7 Å². The van der Waals surface area contributed by atoms with Crippen molar-refractivity contribution in [3.05, 3.63) is 102 Å². The Kier molecular flexibility index (Phi) is 5.46. The number of nitrogens with one attached hydrogen (secondary N) is 1. The van der Waals surface area contributed by atoms with Crippen molar-refractivity contribution >= 4 is 0 Å². The van der Waals surface area contributed by atoms with Gasteiger partial charge in [0.25, 0.3) is 0 Å². The minimum Gasteiger partial charge on any atom is -0.497 e. The minimum absolute atomic E-state index is 0.0610. The van der Waals surface area contributed by atoms with Gasteiger partial charge in [-0.1, -0.05) is 72.8 Å². The van der Waals surface area contributed by atoms with E-state index in [1.54, 1.807) is 7.11 Å². The molecule has 3 nitrogen and oxygen atoms in total. The largest absolute Gasteiger partial charge is 0.497 e. The Balaban J connectivity index is 1.92. The van der Waals surface area contributed by atoms with Gasteiger partial charge in [-0.3, -0.25) is 5.32 Å². The first-order chi connectivity index (χ1) is 12.3. The van der Waals surface area contributed by atoms with Gasteiger partial charge in [-0.25, -0.2) is 0 Å². The number of nitrogens with zero attached hydrogens (tertiary/aromatic N) is 1.